The molecule has 0 fully saturated rings. The van der Waals surface area contributed by atoms with Crippen molar-refractivity contribution in [1.82, 2.24) is 9.88 Å². The number of rotatable bonds is 6. The number of aliphatic hydroxyl groups excluding tert-OH is 1. The van der Waals surface area contributed by atoms with Crippen LogP contribution in [0.2, 0.25) is 0 Å². The zero-order valence-corrected chi connectivity index (χ0v) is 13.6. The highest BCUT2D eigenvalue weighted by atomic mass is 16.4. The monoisotopic (exact) mass is 328 g/mol. The summed E-state index contributed by atoms with van der Waals surface area (Å²) in [6.07, 6.45) is 1.73. The van der Waals surface area contributed by atoms with Gasteiger partial charge < -0.3 is 15.1 Å². The molecule has 2 aromatic rings. The molecular weight excluding hydrogens is 308 g/mol. The Balaban J connectivity index is 2.24. The van der Waals surface area contributed by atoms with Gasteiger partial charge in [0.25, 0.3) is 5.91 Å². The Hall–Kier alpha value is -2.73. The maximum absolute atomic E-state index is 12.7. The van der Waals surface area contributed by atoms with Gasteiger partial charge in [0.15, 0.2) is 0 Å². The number of aromatic nitrogens is 1. The van der Waals surface area contributed by atoms with Gasteiger partial charge in [-0.15, -0.1) is 0 Å². The van der Waals surface area contributed by atoms with E-state index in [0.717, 1.165) is 5.56 Å². The number of amides is 1. The largest absolute Gasteiger partial charge is 0.478 e. The number of likely N-dealkylation sites (N-methyl/N-ethyl adjacent to an activating group) is 1. The molecule has 2 N–H and O–H groups in total. The standard InChI is InChI=1S/C18H20N2O4/c1-12-16(9-14(10-19-12)18(23)24)17(22)20(2)15(11-21)8-13-6-4-3-5-7-13/h3-7,9-10,15,21H,8,11H2,1-2H3,(H,23,24). The second-order valence-corrected chi connectivity index (χ2v) is 5.60. The van der Waals surface area contributed by atoms with Crippen molar-refractivity contribution in [1.29, 1.82) is 0 Å². The van der Waals surface area contributed by atoms with Gasteiger partial charge in [-0.25, -0.2) is 4.79 Å². The van der Waals surface area contributed by atoms with E-state index in [1.54, 1.807) is 14.0 Å². The Kier molecular flexibility index (Phi) is 5.65. The van der Waals surface area contributed by atoms with Gasteiger partial charge in [0.05, 0.1) is 29.5 Å². The smallest absolute Gasteiger partial charge is 0.337 e. The molecule has 0 bridgehead atoms. The third kappa shape index (κ3) is 3.97. The summed E-state index contributed by atoms with van der Waals surface area (Å²) in [5, 5.41) is 18.7. The first kappa shape index (κ1) is 17.6. The first-order chi connectivity index (χ1) is 11.4. The van der Waals surface area contributed by atoms with Crippen molar-refractivity contribution in [3.8, 4) is 0 Å². The van der Waals surface area contributed by atoms with E-state index in [9.17, 15) is 14.7 Å². The maximum atomic E-state index is 12.7. The predicted octanol–water partition coefficient (Wildman–Crippen LogP) is 1.76. The molecule has 1 heterocycles. The molecule has 2 rings (SSSR count). The SMILES string of the molecule is Cc1ncc(C(=O)O)cc1C(=O)N(C)C(CO)Cc1ccccc1. The minimum atomic E-state index is -1.14. The molecule has 126 valence electrons. The number of hydrogen-bond acceptors (Lipinski definition) is 4. The van der Waals surface area contributed by atoms with Gasteiger partial charge in [-0.2, -0.15) is 0 Å². The maximum Gasteiger partial charge on any atom is 0.337 e. The number of pyridine rings is 1. The van der Waals surface area contributed by atoms with Crippen molar-refractivity contribution in [2.75, 3.05) is 13.7 Å². The lowest BCUT2D eigenvalue weighted by Crippen LogP contribution is -2.41. The number of aliphatic hydroxyl groups is 1. The van der Waals surface area contributed by atoms with Crippen LogP contribution in [0.25, 0.3) is 0 Å². The first-order valence-electron chi connectivity index (χ1n) is 7.56. The van der Waals surface area contributed by atoms with Gasteiger partial charge in [0.1, 0.15) is 0 Å². The number of benzene rings is 1. The molecule has 1 aromatic heterocycles. The van der Waals surface area contributed by atoms with Crippen molar-refractivity contribution < 1.29 is 19.8 Å². The zero-order valence-electron chi connectivity index (χ0n) is 13.6. The lowest BCUT2D eigenvalue weighted by Gasteiger charge is -2.27. The number of carbonyl (C=O) groups excluding carboxylic acids is 1. The molecule has 1 amide bonds. The first-order valence-corrected chi connectivity index (χ1v) is 7.56. The molecule has 6 nitrogen and oxygen atoms in total. The fourth-order valence-electron chi connectivity index (χ4n) is 2.43. The van der Waals surface area contributed by atoms with Crippen LogP contribution in [0.5, 0.6) is 0 Å². The van der Waals surface area contributed by atoms with Crippen LogP contribution in [0, 0.1) is 6.92 Å². The van der Waals surface area contributed by atoms with Crippen LogP contribution in [0.4, 0.5) is 0 Å². The van der Waals surface area contributed by atoms with Crippen LogP contribution in [-0.4, -0.2) is 51.7 Å². The minimum absolute atomic E-state index is 0.0408. The summed E-state index contributed by atoms with van der Waals surface area (Å²) in [6, 6.07) is 10.5. The summed E-state index contributed by atoms with van der Waals surface area (Å²) in [6.45, 7) is 1.46. The van der Waals surface area contributed by atoms with Crippen LogP contribution in [-0.2, 0) is 6.42 Å². The number of carboxylic acids is 1. The Labute approximate surface area is 140 Å². The van der Waals surface area contributed by atoms with Crippen molar-refractivity contribution in [2.45, 2.75) is 19.4 Å². The third-order valence-electron chi connectivity index (χ3n) is 3.96. The van der Waals surface area contributed by atoms with Crippen LogP contribution in [0.15, 0.2) is 42.6 Å². The van der Waals surface area contributed by atoms with E-state index in [2.05, 4.69) is 4.98 Å². The highest BCUT2D eigenvalue weighted by molar-refractivity contribution is 5.98. The molecule has 0 saturated heterocycles. The van der Waals surface area contributed by atoms with E-state index < -0.39 is 12.0 Å². The van der Waals surface area contributed by atoms with Gasteiger partial charge >= 0.3 is 5.97 Å². The van der Waals surface area contributed by atoms with E-state index in [4.69, 9.17) is 5.11 Å². The van der Waals surface area contributed by atoms with E-state index in [1.807, 2.05) is 30.3 Å². The molecule has 0 radical (unpaired) electrons. The quantitative estimate of drug-likeness (QED) is 0.843. The Morgan fingerprint density at radius 2 is 1.92 bits per heavy atom. The topological polar surface area (TPSA) is 90.7 Å². The zero-order chi connectivity index (χ0) is 17.7. The van der Waals surface area contributed by atoms with Crippen molar-refractivity contribution in [3.05, 3.63) is 65.0 Å². The third-order valence-corrected chi connectivity index (χ3v) is 3.96. The second-order valence-electron chi connectivity index (χ2n) is 5.60. The fourth-order valence-corrected chi connectivity index (χ4v) is 2.43. The number of nitrogens with zero attached hydrogens (tertiary/aromatic N) is 2. The number of carbonyl (C=O) groups is 2. The number of aromatic carboxylic acids is 1. The van der Waals surface area contributed by atoms with Crippen LogP contribution >= 0.6 is 0 Å². The molecule has 0 spiro atoms. The lowest BCUT2D eigenvalue weighted by atomic mass is 10.0. The summed E-state index contributed by atoms with van der Waals surface area (Å²) in [7, 11) is 1.60. The minimum Gasteiger partial charge on any atom is -0.478 e. The van der Waals surface area contributed by atoms with Gasteiger partial charge in [-0.3, -0.25) is 9.78 Å². The highest BCUT2D eigenvalue weighted by Gasteiger charge is 2.23. The van der Waals surface area contributed by atoms with Gasteiger partial charge in [-0.1, -0.05) is 30.3 Å². The molecule has 0 aliphatic carbocycles. The predicted molar refractivity (Wildman–Crippen MR) is 89.0 cm³/mol. The molecule has 1 unspecified atom stereocenters. The molecule has 0 aliphatic heterocycles. The average molecular weight is 328 g/mol. The van der Waals surface area contributed by atoms with E-state index >= 15 is 0 Å². The van der Waals surface area contributed by atoms with Crippen molar-refractivity contribution in [3.63, 3.8) is 0 Å². The second kappa shape index (κ2) is 7.70. The lowest BCUT2D eigenvalue weighted by molar-refractivity contribution is 0.0659. The molecule has 0 saturated carbocycles. The van der Waals surface area contributed by atoms with Crippen LogP contribution in [0.1, 0.15) is 32.0 Å². The molecule has 1 atom stereocenters. The number of aryl methyl sites for hydroxylation is 1. The average Bonchev–Trinajstić information content (AvgIpc) is 2.59. The Bertz CT molecular complexity index is 731. The Morgan fingerprint density at radius 1 is 1.25 bits per heavy atom. The Morgan fingerprint density at radius 3 is 2.50 bits per heavy atom. The fraction of sp³-hybridized carbons (Fsp3) is 0.278. The molecule has 24 heavy (non-hydrogen) atoms. The van der Waals surface area contributed by atoms with E-state index in [-0.39, 0.29) is 23.6 Å². The number of carboxylic acid groups (broad SMARTS) is 1. The van der Waals surface area contributed by atoms with Crippen molar-refractivity contribution >= 4 is 11.9 Å². The molecule has 0 aliphatic rings. The summed E-state index contributed by atoms with van der Waals surface area (Å²) < 4.78 is 0. The molecule has 6 heteroatoms. The van der Waals surface area contributed by atoms with Gasteiger partial charge in [-0.05, 0) is 25.0 Å². The summed E-state index contributed by atoms with van der Waals surface area (Å²) in [5.41, 5.74) is 1.64. The highest BCUT2D eigenvalue weighted by Crippen LogP contribution is 2.15. The number of hydrogen-bond donors (Lipinski definition) is 2. The van der Waals surface area contributed by atoms with E-state index in [1.165, 1.54) is 17.2 Å². The van der Waals surface area contributed by atoms with E-state index in [0.29, 0.717) is 12.1 Å². The molecule has 1 aromatic carbocycles. The molecular formula is C18H20N2O4. The summed E-state index contributed by atoms with van der Waals surface area (Å²) in [5.74, 6) is -1.50. The van der Waals surface area contributed by atoms with Crippen molar-refractivity contribution in [2.24, 2.45) is 0 Å². The van der Waals surface area contributed by atoms with Crippen LogP contribution in [0.3, 0.4) is 0 Å². The summed E-state index contributed by atoms with van der Waals surface area (Å²) in [4.78, 5) is 29.2. The van der Waals surface area contributed by atoms with Gasteiger partial charge in [0, 0.05) is 13.2 Å². The van der Waals surface area contributed by atoms with Crippen LogP contribution < -0.4 is 0 Å². The van der Waals surface area contributed by atoms with Gasteiger partial charge in [0.2, 0.25) is 0 Å². The normalized spacial score (nSPS) is 11.8. The summed E-state index contributed by atoms with van der Waals surface area (Å²) >= 11 is 0.